The highest BCUT2D eigenvalue weighted by Gasteiger charge is 2.44. The molecule has 1 rings (SSSR count). The van der Waals surface area contributed by atoms with Crippen molar-refractivity contribution in [2.24, 2.45) is 0 Å². The van der Waals surface area contributed by atoms with Gasteiger partial charge in [-0.1, -0.05) is 224 Å². The second kappa shape index (κ2) is 43.6. The Bertz CT molecular complexity index is 1020. The normalized spacial score (nSPS) is 20.4. The van der Waals surface area contributed by atoms with E-state index < -0.39 is 49.5 Å². The van der Waals surface area contributed by atoms with E-state index >= 15 is 0 Å². The summed E-state index contributed by atoms with van der Waals surface area (Å²) in [7, 11) is 0. The van der Waals surface area contributed by atoms with Crippen LogP contribution >= 0.6 is 0 Å². The molecule has 1 aliphatic heterocycles. The molecule has 1 aliphatic rings. The van der Waals surface area contributed by atoms with Crippen LogP contribution in [-0.2, 0) is 14.3 Å². The average molecular weight is 880 g/mol. The summed E-state index contributed by atoms with van der Waals surface area (Å²) >= 11 is 0. The van der Waals surface area contributed by atoms with Gasteiger partial charge in [0.05, 0.1) is 25.4 Å². The Labute approximate surface area is 381 Å². The highest BCUT2D eigenvalue weighted by molar-refractivity contribution is 5.76. The second-order valence-electron chi connectivity index (χ2n) is 18.7. The second-order valence-corrected chi connectivity index (χ2v) is 18.7. The van der Waals surface area contributed by atoms with Crippen molar-refractivity contribution >= 4 is 5.91 Å². The van der Waals surface area contributed by atoms with Crippen molar-refractivity contribution in [3.05, 3.63) is 24.3 Å². The van der Waals surface area contributed by atoms with Gasteiger partial charge in [0.25, 0.3) is 0 Å². The fraction of sp³-hybridized carbons (Fsp3) is 0.906. The summed E-state index contributed by atoms with van der Waals surface area (Å²) in [6, 6.07) is -0.717. The molecule has 6 N–H and O–H groups in total. The first-order valence-electron chi connectivity index (χ1n) is 26.5. The van der Waals surface area contributed by atoms with Crippen molar-refractivity contribution < 1.29 is 39.8 Å². The lowest BCUT2D eigenvalue weighted by molar-refractivity contribution is -0.302. The minimum atomic E-state index is -1.55. The lowest BCUT2D eigenvalue weighted by Gasteiger charge is -2.40. The predicted molar refractivity (Wildman–Crippen MR) is 258 cm³/mol. The number of allylic oxidation sites excluding steroid dienone is 4. The standard InChI is InChI=1S/C53H101NO8/c1-3-5-7-9-11-13-15-17-19-20-21-22-23-24-25-26-27-28-29-31-33-35-37-39-41-43-49(57)54-46(45-61-53-52(60)51(59)50(58)48(44-55)62-53)47(56)42-40-38-36-34-32-30-18-16-14-12-10-8-6-4-2/h15,17,20-21,46-48,50-53,55-56,58-60H,3-14,16,18-19,22-45H2,1-2H3,(H,54,57)/b17-15-,21-20-. The highest BCUT2D eigenvalue weighted by Crippen LogP contribution is 2.23. The van der Waals surface area contributed by atoms with Crippen LogP contribution in [-0.4, -0.2) is 87.5 Å². The quantitative estimate of drug-likeness (QED) is 0.0262. The Kier molecular flexibility index (Phi) is 41.2. The maximum Gasteiger partial charge on any atom is 0.220 e. The first-order valence-corrected chi connectivity index (χ1v) is 26.5. The van der Waals surface area contributed by atoms with E-state index in [9.17, 15) is 30.3 Å². The summed E-state index contributed by atoms with van der Waals surface area (Å²) in [6.45, 7) is 3.84. The van der Waals surface area contributed by atoms with E-state index in [4.69, 9.17) is 9.47 Å². The average Bonchev–Trinajstić information content (AvgIpc) is 3.27. The SMILES string of the molecule is CCCCCCC/C=C\C/C=C\CCCCCCCCCCCCCCCC(=O)NC(COC1OC(CO)C(O)C(O)C1O)C(O)CCCCCCCCCCCCCCCC. The number of amides is 1. The molecule has 1 fully saturated rings. The van der Waals surface area contributed by atoms with E-state index in [0.717, 1.165) is 44.9 Å². The number of hydrogen-bond acceptors (Lipinski definition) is 8. The maximum absolute atomic E-state index is 13.0. The van der Waals surface area contributed by atoms with Crippen LogP contribution in [0.15, 0.2) is 24.3 Å². The van der Waals surface area contributed by atoms with Gasteiger partial charge in [0.1, 0.15) is 24.4 Å². The van der Waals surface area contributed by atoms with Crippen LogP contribution in [0, 0.1) is 0 Å². The molecule has 1 saturated heterocycles. The number of unbranched alkanes of at least 4 members (excludes halogenated alkanes) is 31. The summed E-state index contributed by atoms with van der Waals surface area (Å²) in [5.41, 5.74) is 0. The number of aliphatic hydroxyl groups excluding tert-OH is 5. The summed E-state index contributed by atoms with van der Waals surface area (Å²) in [5, 5.41) is 54.5. The summed E-state index contributed by atoms with van der Waals surface area (Å²) in [4.78, 5) is 13.0. The molecule has 7 unspecified atom stereocenters. The van der Waals surface area contributed by atoms with E-state index in [2.05, 4.69) is 43.5 Å². The Morgan fingerprint density at radius 1 is 0.548 bits per heavy atom. The molecule has 7 atom stereocenters. The zero-order chi connectivity index (χ0) is 45.1. The smallest absolute Gasteiger partial charge is 0.220 e. The fourth-order valence-corrected chi connectivity index (χ4v) is 8.55. The number of hydrogen-bond donors (Lipinski definition) is 6. The van der Waals surface area contributed by atoms with Gasteiger partial charge in [-0.3, -0.25) is 4.79 Å². The van der Waals surface area contributed by atoms with Gasteiger partial charge in [-0.15, -0.1) is 0 Å². The molecule has 0 spiro atoms. The van der Waals surface area contributed by atoms with Gasteiger partial charge < -0.3 is 40.3 Å². The number of rotatable bonds is 45. The van der Waals surface area contributed by atoms with Crippen LogP contribution < -0.4 is 5.32 Å². The fourth-order valence-electron chi connectivity index (χ4n) is 8.55. The molecule has 9 heteroatoms. The van der Waals surface area contributed by atoms with E-state index in [0.29, 0.717) is 12.8 Å². The van der Waals surface area contributed by atoms with Crippen LogP contribution in [0.2, 0.25) is 0 Å². The zero-order valence-corrected chi connectivity index (χ0v) is 40.4. The first-order chi connectivity index (χ1) is 30.3. The number of nitrogens with one attached hydrogen (secondary N) is 1. The first kappa shape index (κ1) is 58.7. The lowest BCUT2D eigenvalue weighted by atomic mass is 9.99. The minimum absolute atomic E-state index is 0.135. The number of carbonyl (C=O) groups excluding carboxylic acids is 1. The topological polar surface area (TPSA) is 149 Å². The third-order valence-electron chi connectivity index (χ3n) is 12.8. The van der Waals surface area contributed by atoms with Gasteiger partial charge in [-0.25, -0.2) is 0 Å². The molecular weight excluding hydrogens is 779 g/mol. The third-order valence-corrected chi connectivity index (χ3v) is 12.8. The predicted octanol–water partition coefficient (Wildman–Crippen LogP) is 12.2. The maximum atomic E-state index is 13.0. The van der Waals surface area contributed by atoms with Gasteiger partial charge in [0, 0.05) is 6.42 Å². The van der Waals surface area contributed by atoms with Gasteiger partial charge in [0.2, 0.25) is 5.91 Å². The molecule has 1 heterocycles. The Hall–Kier alpha value is -1.33. The molecule has 366 valence electrons. The van der Waals surface area contributed by atoms with Crippen molar-refractivity contribution in [1.82, 2.24) is 5.32 Å². The van der Waals surface area contributed by atoms with Crippen molar-refractivity contribution in [3.8, 4) is 0 Å². The molecule has 0 aliphatic carbocycles. The monoisotopic (exact) mass is 880 g/mol. The van der Waals surface area contributed by atoms with Crippen LogP contribution in [0.4, 0.5) is 0 Å². The third kappa shape index (κ3) is 33.2. The van der Waals surface area contributed by atoms with Crippen LogP contribution in [0.25, 0.3) is 0 Å². The molecule has 0 aromatic carbocycles. The summed E-state index contributed by atoms with van der Waals surface area (Å²) in [5.74, 6) is -0.143. The zero-order valence-electron chi connectivity index (χ0n) is 40.4. The van der Waals surface area contributed by atoms with E-state index in [1.165, 1.54) is 180 Å². The molecular formula is C53H101NO8. The van der Waals surface area contributed by atoms with E-state index in [1.807, 2.05) is 0 Å². The van der Waals surface area contributed by atoms with Crippen molar-refractivity contribution in [1.29, 1.82) is 0 Å². The molecule has 0 radical (unpaired) electrons. The van der Waals surface area contributed by atoms with Gasteiger partial charge in [-0.2, -0.15) is 0 Å². The van der Waals surface area contributed by atoms with Crippen LogP contribution in [0.1, 0.15) is 251 Å². The molecule has 1 amide bonds. The molecule has 9 nitrogen and oxygen atoms in total. The van der Waals surface area contributed by atoms with Crippen molar-refractivity contribution in [2.45, 2.75) is 294 Å². The van der Waals surface area contributed by atoms with Gasteiger partial charge in [-0.05, 0) is 44.9 Å². The number of aliphatic hydroxyl groups is 5. The molecule has 0 aromatic rings. The Morgan fingerprint density at radius 2 is 0.952 bits per heavy atom. The number of ether oxygens (including phenoxy) is 2. The summed E-state index contributed by atoms with van der Waals surface area (Å²) < 4.78 is 11.3. The van der Waals surface area contributed by atoms with Crippen molar-refractivity contribution in [2.75, 3.05) is 13.2 Å². The Morgan fingerprint density at radius 3 is 1.39 bits per heavy atom. The molecule has 0 aromatic heterocycles. The molecule has 62 heavy (non-hydrogen) atoms. The minimum Gasteiger partial charge on any atom is -0.394 e. The van der Waals surface area contributed by atoms with E-state index in [1.54, 1.807) is 0 Å². The van der Waals surface area contributed by atoms with Crippen LogP contribution in [0.5, 0.6) is 0 Å². The largest absolute Gasteiger partial charge is 0.394 e. The van der Waals surface area contributed by atoms with Crippen molar-refractivity contribution in [3.63, 3.8) is 0 Å². The summed E-state index contributed by atoms with van der Waals surface area (Å²) in [6.07, 6.45) is 46.2. The number of carbonyl (C=O) groups is 1. The van der Waals surface area contributed by atoms with E-state index in [-0.39, 0.29) is 12.5 Å². The highest BCUT2D eigenvalue weighted by atomic mass is 16.7. The lowest BCUT2D eigenvalue weighted by Crippen LogP contribution is -2.60. The molecule has 0 bridgehead atoms. The molecule has 0 saturated carbocycles. The Balaban J connectivity index is 2.21. The van der Waals surface area contributed by atoms with Gasteiger partial charge in [0.15, 0.2) is 6.29 Å². The van der Waals surface area contributed by atoms with Crippen LogP contribution in [0.3, 0.4) is 0 Å². The van der Waals surface area contributed by atoms with Gasteiger partial charge >= 0.3 is 0 Å².